The Morgan fingerprint density at radius 2 is 1.94 bits per heavy atom. The average molecular weight is 445 g/mol. The predicted molar refractivity (Wildman–Crippen MR) is 124 cm³/mol. The van der Waals surface area contributed by atoms with Gasteiger partial charge < -0.3 is 4.74 Å². The fraction of sp³-hybridized carbons (Fsp3) is 0.0435. The molecule has 1 amide bonds. The van der Waals surface area contributed by atoms with Crippen LogP contribution >= 0.6 is 22.7 Å². The highest BCUT2D eigenvalue weighted by Gasteiger charge is 2.12. The van der Waals surface area contributed by atoms with Crippen molar-refractivity contribution >= 4 is 45.4 Å². The molecule has 2 aromatic carbocycles. The Morgan fingerprint density at radius 3 is 2.71 bits per heavy atom. The van der Waals surface area contributed by atoms with Crippen LogP contribution in [0.3, 0.4) is 0 Å². The number of rotatable bonds is 7. The third kappa shape index (κ3) is 5.22. The van der Waals surface area contributed by atoms with Gasteiger partial charge in [-0.2, -0.15) is 5.26 Å². The van der Waals surface area contributed by atoms with E-state index in [2.05, 4.69) is 21.4 Å². The molecule has 0 atom stereocenters. The molecule has 0 fully saturated rings. The minimum atomic E-state index is -0.304. The number of carbonyl (C=O) groups is 1. The number of nitrogens with one attached hydrogen (secondary N) is 1. The molecule has 0 aliphatic rings. The van der Waals surface area contributed by atoms with Crippen LogP contribution in [0.5, 0.6) is 5.75 Å². The van der Waals surface area contributed by atoms with Crippen molar-refractivity contribution in [3.8, 4) is 23.1 Å². The molecule has 0 saturated heterocycles. The zero-order valence-corrected chi connectivity index (χ0v) is 17.8. The van der Waals surface area contributed by atoms with Gasteiger partial charge in [-0.15, -0.1) is 22.7 Å². The molecule has 0 radical (unpaired) electrons. The van der Waals surface area contributed by atoms with Crippen LogP contribution in [0.1, 0.15) is 10.6 Å². The molecule has 152 valence electrons. The predicted octanol–water partition coefficient (Wildman–Crippen LogP) is 5.35. The van der Waals surface area contributed by atoms with Gasteiger partial charge in [-0.3, -0.25) is 10.1 Å². The van der Waals surface area contributed by atoms with Crippen LogP contribution in [-0.4, -0.2) is 22.5 Å². The normalized spacial score (nSPS) is 11.0. The van der Waals surface area contributed by atoms with Crippen LogP contribution < -0.4 is 10.1 Å². The topological polar surface area (TPSA) is 87.9 Å². The van der Waals surface area contributed by atoms with Gasteiger partial charge in [0.15, 0.2) is 11.7 Å². The zero-order valence-electron chi connectivity index (χ0n) is 16.2. The summed E-state index contributed by atoms with van der Waals surface area (Å²) >= 11 is 2.75. The summed E-state index contributed by atoms with van der Waals surface area (Å²) in [5.74, 6) is 0.200. The summed E-state index contributed by atoms with van der Waals surface area (Å²) in [5.41, 5.74) is 2.94. The van der Waals surface area contributed by atoms with Crippen LogP contribution in [0.25, 0.3) is 22.9 Å². The molecule has 8 heteroatoms. The highest BCUT2D eigenvalue weighted by Crippen LogP contribution is 2.29. The summed E-state index contributed by atoms with van der Waals surface area (Å²) < 4.78 is 5.70. The minimum absolute atomic E-state index is 0.165. The lowest BCUT2D eigenvalue weighted by atomic mass is 10.1. The first kappa shape index (κ1) is 20.5. The first-order valence-corrected chi connectivity index (χ1v) is 11.0. The average Bonchev–Trinajstić information content (AvgIpc) is 3.50. The Morgan fingerprint density at radius 1 is 1.13 bits per heavy atom. The van der Waals surface area contributed by atoms with Gasteiger partial charge in [0, 0.05) is 28.1 Å². The van der Waals surface area contributed by atoms with Gasteiger partial charge in [-0.1, -0.05) is 48.5 Å². The Labute approximate surface area is 187 Å². The highest BCUT2D eigenvalue weighted by molar-refractivity contribution is 7.13. The van der Waals surface area contributed by atoms with Gasteiger partial charge in [0.05, 0.1) is 11.3 Å². The molecular formula is C23H16N4O2S2. The van der Waals surface area contributed by atoms with Crippen LogP contribution in [0.15, 0.2) is 71.6 Å². The third-order valence-electron chi connectivity index (χ3n) is 4.18. The fourth-order valence-corrected chi connectivity index (χ4v) is 4.09. The summed E-state index contributed by atoms with van der Waals surface area (Å²) in [7, 11) is 0. The minimum Gasteiger partial charge on any atom is -0.483 e. The van der Waals surface area contributed by atoms with Gasteiger partial charge in [0.2, 0.25) is 0 Å². The second-order valence-corrected chi connectivity index (χ2v) is 8.04. The molecule has 2 aromatic heterocycles. The number of ether oxygens (including phenoxy) is 1. The summed E-state index contributed by atoms with van der Waals surface area (Å²) in [5, 5.41) is 17.2. The number of para-hydroxylation sites is 1. The lowest BCUT2D eigenvalue weighted by Gasteiger charge is -2.09. The maximum absolute atomic E-state index is 12.1. The number of nitriles is 1. The van der Waals surface area contributed by atoms with E-state index < -0.39 is 0 Å². The van der Waals surface area contributed by atoms with Crippen LogP contribution in [0.2, 0.25) is 0 Å². The first-order valence-electron chi connectivity index (χ1n) is 9.27. The van der Waals surface area contributed by atoms with E-state index in [9.17, 15) is 10.1 Å². The summed E-state index contributed by atoms with van der Waals surface area (Å²) in [6, 6.07) is 19.3. The van der Waals surface area contributed by atoms with Crippen molar-refractivity contribution in [2.24, 2.45) is 0 Å². The number of hydrogen-bond donors (Lipinski definition) is 1. The number of allylic oxidation sites excluding steroid dienone is 1. The van der Waals surface area contributed by atoms with Crippen molar-refractivity contribution in [2.45, 2.75) is 0 Å². The number of carbonyl (C=O) groups excluding carboxylic acids is 1. The Bertz CT molecular complexity index is 1240. The second kappa shape index (κ2) is 9.80. The van der Waals surface area contributed by atoms with Crippen molar-refractivity contribution in [3.63, 3.8) is 0 Å². The maximum Gasteiger partial charge on any atom is 0.264 e. The van der Waals surface area contributed by atoms with Crippen molar-refractivity contribution in [3.05, 3.63) is 82.1 Å². The van der Waals surface area contributed by atoms with E-state index >= 15 is 0 Å². The molecule has 0 saturated carbocycles. The molecule has 0 aliphatic heterocycles. The first-order chi connectivity index (χ1) is 15.2. The molecule has 0 bridgehead atoms. The Hall–Kier alpha value is -3.80. The second-order valence-electron chi connectivity index (χ2n) is 6.29. The van der Waals surface area contributed by atoms with Gasteiger partial charge in [0.25, 0.3) is 5.91 Å². The Balaban J connectivity index is 1.52. The molecule has 4 rings (SSSR count). The number of aromatic nitrogens is 2. The number of thiazole rings is 2. The molecule has 4 aromatic rings. The third-order valence-corrected chi connectivity index (χ3v) is 5.74. The van der Waals surface area contributed by atoms with Crippen LogP contribution in [0, 0.1) is 11.3 Å². The quantitative estimate of drug-likeness (QED) is 0.388. The van der Waals surface area contributed by atoms with E-state index in [-0.39, 0.29) is 12.5 Å². The molecule has 31 heavy (non-hydrogen) atoms. The number of nitrogens with zero attached hydrogens (tertiary/aromatic N) is 3. The SMILES string of the molecule is N#C/C(=C\c1ccccc1OCC(=O)Nc1nccs1)c1nc(-c2ccccc2)cs1. The molecule has 0 aliphatic carbocycles. The standard InChI is InChI=1S/C23H16N4O2S2/c24-13-18(22-26-19(15-31-22)16-6-2-1-3-7-16)12-17-8-4-5-9-20(17)29-14-21(28)27-23-25-10-11-30-23/h1-12,15H,14H2,(H,25,27,28)/b18-12+. The molecule has 0 unspecified atom stereocenters. The Kier molecular flexibility index (Phi) is 6.47. The molecular weight excluding hydrogens is 428 g/mol. The van der Waals surface area contributed by atoms with Crippen molar-refractivity contribution < 1.29 is 9.53 Å². The van der Waals surface area contributed by atoms with Crippen molar-refractivity contribution in [2.75, 3.05) is 11.9 Å². The fourth-order valence-electron chi connectivity index (χ4n) is 2.75. The van der Waals surface area contributed by atoms with Crippen molar-refractivity contribution in [1.82, 2.24) is 9.97 Å². The van der Waals surface area contributed by atoms with Crippen LogP contribution in [-0.2, 0) is 4.79 Å². The molecule has 0 spiro atoms. The molecule has 6 nitrogen and oxygen atoms in total. The van der Waals surface area contributed by atoms with E-state index in [1.807, 2.05) is 53.9 Å². The number of anilines is 1. The smallest absolute Gasteiger partial charge is 0.264 e. The maximum atomic E-state index is 12.1. The highest BCUT2D eigenvalue weighted by atomic mass is 32.1. The zero-order chi connectivity index (χ0) is 21.5. The van der Waals surface area contributed by atoms with E-state index in [0.29, 0.717) is 27.0 Å². The largest absolute Gasteiger partial charge is 0.483 e. The van der Waals surface area contributed by atoms with Gasteiger partial charge in [-0.05, 0) is 12.1 Å². The number of hydrogen-bond acceptors (Lipinski definition) is 7. The van der Waals surface area contributed by atoms with E-state index in [0.717, 1.165) is 11.3 Å². The lowest BCUT2D eigenvalue weighted by Crippen LogP contribution is -2.20. The van der Waals surface area contributed by atoms with Crippen molar-refractivity contribution in [1.29, 1.82) is 5.26 Å². The molecule has 2 heterocycles. The summed E-state index contributed by atoms with van der Waals surface area (Å²) in [6.07, 6.45) is 3.34. The monoisotopic (exact) mass is 444 g/mol. The number of amides is 1. The molecule has 1 N–H and O–H groups in total. The van der Waals surface area contributed by atoms with E-state index in [1.54, 1.807) is 23.7 Å². The van der Waals surface area contributed by atoms with Gasteiger partial charge in [0.1, 0.15) is 16.8 Å². The van der Waals surface area contributed by atoms with Gasteiger partial charge >= 0.3 is 0 Å². The summed E-state index contributed by atoms with van der Waals surface area (Å²) in [6.45, 7) is -0.165. The number of benzene rings is 2. The van der Waals surface area contributed by atoms with E-state index in [1.165, 1.54) is 22.7 Å². The van der Waals surface area contributed by atoms with Crippen LogP contribution in [0.4, 0.5) is 5.13 Å². The van der Waals surface area contributed by atoms with E-state index in [4.69, 9.17) is 4.74 Å². The van der Waals surface area contributed by atoms with Gasteiger partial charge in [-0.25, -0.2) is 9.97 Å². The summed E-state index contributed by atoms with van der Waals surface area (Å²) in [4.78, 5) is 20.7. The lowest BCUT2D eigenvalue weighted by molar-refractivity contribution is -0.118.